The lowest BCUT2D eigenvalue weighted by Crippen LogP contribution is -2.29. The van der Waals surface area contributed by atoms with Crippen molar-refractivity contribution in [3.8, 4) is 0 Å². The average molecular weight is 313 g/mol. The van der Waals surface area contributed by atoms with Gasteiger partial charge in [0.05, 0.1) is 6.54 Å². The minimum absolute atomic E-state index is 0.0252. The van der Waals surface area contributed by atoms with Crippen molar-refractivity contribution in [2.45, 2.75) is 19.0 Å². The third-order valence-electron chi connectivity index (χ3n) is 3.33. The van der Waals surface area contributed by atoms with Gasteiger partial charge in [-0.2, -0.15) is 13.2 Å². The molecular weight excluding hydrogens is 299 g/mol. The molecule has 1 heterocycles. The highest BCUT2D eigenvalue weighted by atomic mass is 19.4. The third kappa shape index (κ3) is 3.56. The predicted molar refractivity (Wildman–Crippen MR) is 73.2 cm³/mol. The van der Waals surface area contributed by atoms with Crippen LogP contribution in [0.25, 0.3) is 11.1 Å². The van der Waals surface area contributed by atoms with Crippen LogP contribution >= 0.6 is 0 Å². The second-order valence-corrected chi connectivity index (χ2v) is 5.32. The Labute approximate surface area is 123 Å². The quantitative estimate of drug-likeness (QED) is 0.891. The number of hydrogen-bond donors (Lipinski definition) is 2. The molecule has 0 spiro atoms. The first-order valence-corrected chi connectivity index (χ1v) is 6.90. The maximum atomic E-state index is 12.5. The van der Waals surface area contributed by atoms with Crippen LogP contribution in [0, 0.1) is 5.92 Å². The zero-order valence-corrected chi connectivity index (χ0v) is 11.5. The van der Waals surface area contributed by atoms with Crippen molar-refractivity contribution in [2.24, 2.45) is 5.92 Å². The van der Waals surface area contributed by atoms with Gasteiger partial charge >= 0.3 is 12.1 Å². The number of hydrogen-bond acceptors (Lipinski definition) is 4. The number of rotatable bonds is 5. The van der Waals surface area contributed by atoms with Crippen LogP contribution in [0.2, 0.25) is 0 Å². The van der Waals surface area contributed by atoms with Gasteiger partial charge in [0, 0.05) is 5.69 Å². The summed E-state index contributed by atoms with van der Waals surface area (Å²) in [6.07, 6.45) is -2.24. The smallest absolute Gasteiger partial charge is 0.433 e. The van der Waals surface area contributed by atoms with Gasteiger partial charge in [-0.25, -0.2) is 4.98 Å². The molecule has 1 aromatic heterocycles. The van der Waals surface area contributed by atoms with E-state index >= 15 is 0 Å². The van der Waals surface area contributed by atoms with Gasteiger partial charge in [0.2, 0.25) is 5.91 Å². The molecule has 0 atom stereocenters. The lowest BCUT2D eigenvalue weighted by molar-refractivity contribution is -0.156. The number of amides is 1. The maximum Gasteiger partial charge on any atom is 0.468 e. The number of aromatic nitrogens is 1. The molecule has 1 amide bonds. The molecule has 1 fully saturated rings. The number of halogens is 3. The van der Waals surface area contributed by atoms with Crippen LogP contribution in [0.4, 0.5) is 18.9 Å². The fraction of sp³-hybridized carbons (Fsp3) is 0.429. The standard InChI is InChI=1S/C14H14F3N3O2/c15-14(16,17)13-20-10-5-9(3-4-11(10)22-13)19-12(21)7-18-6-8-1-2-8/h3-5,8,18H,1-2,6-7H2,(H,19,21). The maximum absolute atomic E-state index is 12.5. The number of alkyl halides is 3. The number of nitrogens with zero attached hydrogens (tertiary/aromatic N) is 1. The summed E-state index contributed by atoms with van der Waals surface area (Å²) in [5, 5.41) is 5.65. The van der Waals surface area contributed by atoms with Crippen LogP contribution in [0.3, 0.4) is 0 Å². The summed E-state index contributed by atoms with van der Waals surface area (Å²) in [6, 6.07) is 4.18. The Balaban J connectivity index is 1.64. The van der Waals surface area contributed by atoms with E-state index in [-0.39, 0.29) is 23.6 Å². The van der Waals surface area contributed by atoms with E-state index in [9.17, 15) is 18.0 Å². The van der Waals surface area contributed by atoms with Gasteiger partial charge in [0.15, 0.2) is 5.58 Å². The zero-order valence-electron chi connectivity index (χ0n) is 11.5. The Kier molecular flexibility index (Phi) is 3.78. The number of anilines is 1. The minimum atomic E-state index is -4.63. The van der Waals surface area contributed by atoms with Gasteiger partial charge in [-0.3, -0.25) is 4.79 Å². The lowest BCUT2D eigenvalue weighted by Gasteiger charge is -2.05. The van der Waals surface area contributed by atoms with Crippen molar-refractivity contribution in [3.05, 3.63) is 24.1 Å². The van der Waals surface area contributed by atoms with E-state index in [1.807, 2.05) is 0 Å². The van der Waals surface area contributed by atoms with Crippen LogP contribution in [-0.4, -0.2) is 24.0 Å². The molecule has 0 aliphatic heterocycles. The molecule has 0 unspecified atom stereocenters. The zero-order chi connectivity index (χ0) is 15.7. The fourth-order valence-corrected chi connectivity index (χ4v) is 2.04. The van der Waals surface area contributed by atoms with Crippen LogP contribution in [0.5, 0.6) is 0 Å². The molecule has 1 aromatic carbocycles. The van der Waals surface area contributed by atoms with Gasteiger partial charge in [0.25, 0.3) is 0 Å². The molecule has 0 saturated heterocycles. The molecule has 5 nitrogen and oxygen atoms in total. The number of carbonyl (C=O) groups is 1. The fourth-order valence-electron chi connectivity index (χ4n) is 2.04. The Bertz CT molecular complexity index is 692. The molecule has 3 rings (SSSR count). The van der Waals surface area contributed by atoms with E-state index < -0.39 is 12.1 Å². The van der Waals surface area contributed by atoms with Crippen molar-refractivity contribution in [1.29, 1.82) is 0 Å². The number of oxazole rings is 1. The molecule has 1 saturated carbocycles. The number of fused-ring (bicyclic) bond motifs is 1. The molecule has 1 aliphatic carbocycles. The second-order valence-electron chi connectivity index (χ2n) is 5.32. The summed E-state index contributed by atoms with van der Waals surface area (Å²) in [7, 11) is 0. The lowest BCUT2D eigenvalue weighted by atomic mass is 10.3. The molecular formula is C14H14F3N3O2. The monoisotopic (exact) mass is 313 g/mol. The van der Waals surface area contributed by atoms with Crippen molar-refractivity contribution < 1.29 is 22.4 Å². The van der Waals surface area contributed by atoms with Crippen LogP contribution < -0.4 is 10.6 Å². The summed E-state index contributed by atoms with van der Waals surface area (Å²) in [4.78, 5) is 15.1. The Morgan fingerprint density at radius 2 is 2.14 bits per heavy atom. The van der Waals surface area contributed by atoms with Gasteiger partial charge in [-0.1, -0.05) is 0 Å². The minimum Gasteiger partial charge on any atom is -0.433 e. The first-order valence-electron chi connectivity index (χ1n) is 6.90. The van der Waals surface area contributed by atoms with Crippen LogP contribution in [-0.2, 0) is 11.0 Å². The number of nitrogens with one attached hydrogen (secondary N) is 2. The largest absolute Gasteiger partial charge is 0.468 e. The molecule has 2 aromatic rings. The van der Waals surface area contributed by atoms with Crippen molar-refractivity contribution in [1.82, 2.24) is 10.3 Å². The van der Waals surface area contributed by atoms with E-state index in [0.29, 0.717) is 11.6 Å². The highest BCUT2D eigenvalue weighted by Gasteiger charge is 2.37. The summed E-state index contributed by atoms with van der Waals surface area (Å²) >= 11 is 0. The highest BCUT2D eigenvalue weighted by Crippen LogP contribution is 2.31. The summed E-state index contributed by atoms with van der Waals surface area (Å²) < 4.78 is 42.2. The summed E-state index contributed by atoms with van der Waals surface area (Å²) in [6.45, 7) is 0.978. The van der Waals surface area contributed by atoms with E-state index in [1.54, 1.807) is 0 Å². The van der Waals surface area contributed by atoms with E-state index in [0.717, 1.165) is 6.54 Å². The van der Waals surface area contributed by atoms with Crippen molar-refractivity contribution >= 4 is 22.7 Å². The Hall–Kier alpha value is -2.09. The summed E-state index contributed by atoms with van der Waals surface area (Å²) in [5.74, 6) is -0.878. The third-order valence-corrected chi connectivity index (χ3v) is 3.33. The molecule has 2 N–H and O–H groups in total. The molecule has 8 heteroatoms. The Morgan fingerprint density at radius 3 is 2.82 bits per heavy atom. The predicted octanol–water partition coefficient (Wildman–Crippen LogP) is 2.78. The first kappa shape index (κ1) is 14.8. The van der Waals surface area contributed by atoms with E-state index in [4.69, 9.17) is 0 Å². The van der Waals surface area contributed by atoms with Gasteiger partial charge < -0.3 is 15.1 Å². The number of benzene rings is 1. The second kappa shape index (κ2) is 5.60. The normalized spacial score (nSPS) is 15.2. The molecule has 0 bridgehead atoms. The SMILES string of the molecule is O=C(CNCC1CC1)Nc1ccc2oc(C(F)(F)F)nc2c1. The average Bonchev–Trinajstić information content (AvgIpc) is 3.14. The van der Waals surface area contributed by atoms with Crippen molar-refractivity contribution in [2.75, 3.05) is 18.4 Å². The molecule has 118 valence electrons. The van der Waals surface area contributed by atoms with E-state index in [2.05, 4.69) is 20.0 Å². The molecule has 0 radical (unpaired) electrons. The van der Waals surface area contributed by atoms with Gasteiger partial charge in [0.1, 0.15) is 5.52 Å². The van der Waals surface area contributed by atoms with Gasteiger partial charge in [-0.05, 0) is 43.5 Å². The highest BCUT2D eigenvalue weighted by molar-refractivity contribution is 5.94. The summed E-state index contributed by atoms with van der Waals surface area (Å²) in [5.41, 5.74) is 0.459. The molecule has 1 aliphatic rings. The first-order chi connectivity index (χ1) is 10.4. The number of carbonyl (C=O) groups excluding carboxylic acids is 1. The van der Waals surface area contributed by atoms with Crippen molar-refractivity contribution in [3.63, 3.8) is 0 Å². The molecule has 22 heavy (non-hydrogen) atoms. The van der Waals surface area contributed by atoms with Crippen LogP contribution in [0.1, 0.15) is 18.7 Å². The van der Waals surface area contributed by atoms with Gasteiger partial charge in [-0.15, -0.1) is 0 Å². The van der Waals surface area contributed by atoms with E-state index in [1.165, 1.54) is 31.0 Å². The van der Waals surface area contributed by atoms with Crippen LogP contribution in [0.15, 0.2) is 22.6 Å². The topological polar surface area (TPSA) is 67.2 Å². The Morgan fingerprint density at radius 1 is 1.36 bits per heavy atom.